The van der Waals surface area contributed by atoms with E-state index in [0.717, 1.165) is 13.1 Å². The van der Waals surface area contributed by atoms with Crippen LogP contribution in [0.3, 0.4) is 0 Å². The van der Waals surface area contributed by atoms with Gasteiger partial charge in [0.05, 0.1) is 12.7 Å². The standard InChI is InChI=1S/C10H14N4.ClH/c1(5-13-7-3-11-9-13)2-6-14-8-4-12-10-14;/h3-4,7-10H,1-2,5-6H2;1H. The van der Waals surface area contributed by atoms with E-state index < -0.39 is 0 Å². The van der Waals surface area contributed by atoms with Gasteiger partial charge in [0.1, 0.15) is 0 Å². The number of unbranched alkanes of at least 4 members (excludes halogenated alkanes) is 1. The largest absolute Gasteiger partial charge is 0.337 e. The van der Waals surface area contributed by atoms with Gasteiger partial charge >= 0.3 is 0 Å². The molecule has 0 N–H and O–H groups in total. The summed E-state index contributed by atoms with van der Waals surface area (Å²) in [6.07, 6.45) is 13.7. The molecule has 2 heterocycles. The number of hydrogen-bond acceptors (Lipinski definition) is 2. The van der Waals surface area contributed by atoms with Crippen molar-refractivity contribution in [2.75, 3.05) is 0 Å². The predicted octanol–water partition coefficient (Wildman–Crippen LogP) is 1.98. The second kappa shape index (κ2) is 6.24. The Morgan fingerprint density at radius 1 is 0.800 bits per heavy atom. The van der Waals surface area contributed by atoms with Gasteiger partial charge in [0.2, 0.25) is 0 Å². The highest BCUT2D eigenvalue weighted by Crippen LogP contribution is 1.98. The molecule has 0 unspecified atom stereocenters. The van der Waals surface area contributed by atoms with E-state index >= 15 is 0 Å². The van der Waals surface area contributed by atoms with Crippen LogP contribution in [0.5, 0.6) is 0 Å². The minimum absolute atomic E-state index is 0. The highest BCUT2D eigenvalue weighted by atomic mass is 35.5. The van der Waals surface area contributed by atoms with Crippen LogP contribution in [0.25, 0.3) is 0 Å². The van der Waals surface area contributed by atoms with Crippen molar-refractivity contribution in [3.63, 3.8) is 0 Å². The molecule has 0 aliphatic heterocycles. The van der Waals surface area contributed by atoms with Crippen LogP contribution in [-0.2, 0) is 13.1 Å². The molecule has 15 heavy (non-hydrogen) atoms. The molecule has 0 amide bonds. The highest BCUT2D eigenvalue weighted by Gasteiger charge is 1.92. The van der Waals surface area contributed by atoms with Crippen molar-refractivity contribution in [2.45, 2.75) is 25.9 Å². The van der Waals surface area contributed by atoms with Crippen molar-refractivity contribution in [2.24, 2.45) is 0 Å². The molecule has 0 aromatic carbocycles. The minimum atomic E-state index is 0. The van der Waals surface area contributed by atoms with Gasteiger partial charge in [0.25, 0.3) is 0 Å². The zero-order chi connectivity index (χ0) is 9.64. The molecule has 0 saturated heterocycles. The average molecular weight is 227 g/mol. The number of rotatable bonds is 5. The molecule has 0 aliphatic carbocycles. The van der Waals surface area contributed by atoms with E-state index in [1.54, 1.807) is 0 Å². The van der Waals surface area contributed by atoms with Crippen molar-refractivity contribution in [3.8, 4) is 0 Å². The first-order chi connectivity index (χ1) is 6.95. The lowest BCUT2D eigenvalue weighted by Crippen LogP contribution is -1.98. The maximum absolute atomic E-state index is 4.00. The first kappa shape index (κ1) is 11.8. The third-order valence-corrected chi connectivity index (χ3v) is 2.20. The van der Waals surface area contributed by atoms with E-state index in [9.17, 15) is 0 Å². The first-order valence-electron chi connectivity index (χ1n) is 4.86. The lowest BCUT2D eigenvalue weighted by molar-refractivity contribution is 0.552. The van der Waals surface area contributed by atoms with Crippen molar-refractivity contribution in [1.82, 2.24) is 19.1 Å². The van der Waals surface area contributed by atoms with Crippen LogP contribution in [0, 0.1) is 0 Å². The summed E-state index contributed by atoms with van der Waals surface area (Å²) < 4.78 is 4.21. The van der Waals surface area contributed by atoms with E-state index in [2.05, 4.69) is 19.1 Å². The molecule has 0 bridgehead atoms. The molecule has 0 radical (unpaired) electrons. The Labute approximate surface area is 95.4 Å². The molecule has 0 spiro atoms. The van der Waals surface area contributed by atoms with E-state index in [1.807, 2.05) is 37.4 Å². The molecule has 0 atom stereocenters. The van der Waals surface area contributed by atoms with Gasteiger partial charge in [0, 0.05) is 37.9 Å². The molecule has 0 saturated carbocycles. The Morgan fingerprint density at radius 2 is 1.27 bits per heavy atom. The Bertz CT molecular complexity index is 305. The summed E-state index contributed by atoms with van der Waals surface area (Å²) in [7, 11) is 0. The van der Waals surface area contributed by atoms with Crippen molar-refractivity contribution >= 4 is 12.4 Å². The number of aromatic nitrogens is 4. The van der Waals surface area contributed by atoms with Crippen molar-refractivity contribution < 1.29 is 0 Å². The zero-order valence-electron chi connectivity index (χ0n) is 8.49. The Morgan fingerprint density at radius 3 is 1.60 bits per heavy atom. The SMILES string of the molecule is Cl.c1cn(CCCCn2ccnc2)cn1. The summed E-state index contributed by atoms with van der Waals surface area (Å²) >= 11 is 0. The number of imidazole rings is 2. The maximum Gasteiger partial charge on any atom is 0.0945 e. The molecule has 5 heteroatoms. The van der Waals surface area contributed by atoms with E-state index in [0.29, 0.717) is 0 Å². The van der Waals surface area contributed by atoms with Crippen LogP contribution >= 0.6 is 12.4 Å². The van der Waals surface area contributed by atoms with Gasteiger partial charge in [-0.25, -0.2) is 9.97 Å². The summed E-state index contributed by atoms with van der Waals surface area (Å²) in [6, 6.07) is 0. The summed E-state index contributed by atoms with van der Waals surface area (Å²) in [5, 5.41) is 0. The van der Waals surface area contributed by atoms with Crippen molar-refractivity contribution in [1.29, 1.82) is 0 Å². The quantitative estimate of drug-likeness (QED) is 0.731. The molecule has 82 valence electrons. The third-order valence-electron chi connectivity index (χ3n) is 2.20. The monoisotopic (exact) mass is 226 g/mol. The van der Waals surface area contributed by atoms with E-state index in [-0.39, 0.29) is 12.4 Å². The summed E-state index contributed by atoms with van der Waals surface area (Å²) in [4.78, 5) is 8.00. The fourth-order valence-corrected chi connectivity index (χ4v) is 1.43. The molecule has 0 aliphatic rings. The smallest absolute Gasteiger partial charge is 0.0945 e. The van der Waals surface area contributed by atoms with Crippen LogP contribution in [0.4, 0.5) is 0 Å². The van der Waals surface area contributed by atoms with E-state index in [1.165, 1.54) is 12.8 Å². The van der Waals surface area contributed by atoms with Crippen LogP contribution in [0.1, 0.15) is 12.8 Å². The van der Waals surface area contributed by atoms with Crippen LogP contribution in [0.2, 0.25) is 0 Å². The van der Waals surface area contributed by atoms with Crippen molar-refractivity contribution in [3.05, 3.63) is 37.4 Å². The molecule has 0 fully saturated rings. The Hall–Kier alpha value is -1.29. The molecule has 2 aromatic heterocycles. The second-order valence-electron chi connectivity index (χ2n) is 3.31. The number of hydrogen-bond donors (Lipinski definition) is 0. The van der Waals surface area contributed by atoms with E-state index in [4.69, 9.17) is 0 Å². The fraction of sp³-hybridized carbons (Fsp3) is 0.400. The van der Waals surface area contributed by atoms with Gasteiger partial charge in [-0.05, 0) is 12.8 Å². The van der Waals surface area contributed by atoms with Gasteiger partial charge in [-0.1, -0.05) is 0 Å². The lowest BCUT2D eigenvalue weighted by atomic mass is 10.3. The molecule has 4 nitrogen and oxygen atoms in total. The minimum Gasteiger partial charge on any atom is -0.337 e. The fourth-order valence-electron chi connectivity index (χ4n) is 1.43. The van der Waals surface area contributed by atoms with Crippen LogP contribution in [-0.4, -0.2) is 19.1 Å². The Kier molecular flexibility index (Phi) is 4.90. The lowest BCUT2D eigenvalue weighted by Gasteiger charge is -2.02. The highest BCUT2D eigenvalue weighted by molar-refractivity contribution is 5.85. The summed E-state index contributed by atoms with van der Waals surface area (Å²) in [6.45, 7) is 2.10. The second-order valence-corrected chi connectivity index (χ2v) is 3.31. The van der Waals surface area contributed by atoms with Gasteiger partial charge < -0.3 is 9.13 Å². The zero-order valence-corrected chi connectivity index (χ0v) is 9.31. The van der Waals surface area contributed by atoms with Crippen LogP contribution < -0.4 is 0 Å². The molecular weight excluding hydrogens is 212 g/mol. The number of halogens is 1. The Balaban J connectivity index is 0.00000112. The predicted molar refractivity (Wildman–Crippen MR) is 60.9 cm³/mol. The molecular formula is C10H15ClN4. The van der Waals surface area contributed by atoms with Gasteiger partial charge in [-0.2, -0.15) is 0 Å². The molecule has 2 aromatic rings. The number of aryl methyl sites for hydroxylation is 2. The summed E-state index contributed by atoms with van der Waals surface area (Å²) in [5.41, 5.74) is 0. The van der Waals surface area contributed by atoms with Gasteiger partial charge in [0.15, 0.2) is 0 Å². The maximum atomic E-state index is 4.00. The average Bonchev–Trinajstić information content (AvgIpc) is 2.86. The topological polar surface area (TPSA) is 35.6 Å². The van der Waals surface area contributed by atoms with Gasteiger partial charge in [-0.3, -0.25) is 0 Å². The van der Waals surface area contributed by atoms with Crippen LogP contribution in [0.15, 0.2) is 37.4 Å². The van der Waals surface area contributed by atoms with Gasteiger partial charge in [-0.15, -0.1) is 12.4 Å². The summed E-state index contributed by atoms with van der Waals surface area (Å²) in [5.74, 6) is 0. The molecule has 2 rings (SSSR count). The normalized spacial score (nSPS) is 9.87. The third kappa shape index (κ3) is 3.75. The number of nitrogens with zero attached hydrogens (tertiary/aromatic N) is 4. The first-order valence-corrected chi connectivity index (χ1v) is 4.86.